The number of aryl methyl sites for hydroxylation is 2. The quantitative estimate of drug-likeness (QED) is 0.560. The molecule has 0 radical (unpaired) electrons. The van der Waals surface area contributed by atoms with E-state index in [0.29, 0.717) is 28.1 Å². The molecule has 0 saturated carbocycles. The molecule has 5 rings (SSSR count). The van der Waals surface area contributed by atoms with Crippen LogP contribution in [-0.2, 0) is 4.74 Å². The van der Waals surface area contributed by atoms with E-state index in [9.17, 15) is 9.59 Å². The zero-order valence-electron chi connectivity index (χ0n) is 18.9. The molecule has 3 heterocycles. The van der Waals surface area contributed by atoms with Gasteiger partial charge in [-0.25, -0.2) is 0 Å². The van der Waals surface area contributed by atoms with Gasteiger partial charge in [-0.2, -0.15) is 0 Å². The molecule has 0 unspecified atom stereocenters. The molecule has 0 bridgehead atoms. The largest absolute Gasteiger partial charge is 0.450 e. The number of nitrogens with zero attached hydrogens (tertiary/aromatic N) is 2. The highest BCUT2D eigenvalue weighted by Crippen LogP contribution is 2.39. The van der Waals surface area contributed by atoms with Crippen LogP contribution in [0.5, 0.6) is 0 Å². The van der Waals surface area contributed by atoms with Gasteiger partial charge in [-0.05, 0) is 61.2 Å². The van der Waals surface area contributed by atoms with Gasteiger partial charge in [0.05, 0.1) is 30.2 Å². The van der Waals surface area contributed by atoms with Crippen molar-refractivity contribution < 1.29 is 13.9 Å². The van der Waals surface area contributed by atoms with Crippen LogP contribution in [0.2, 0.25) is 5.02 Å². The molecule has 1 aromatic heterocycles. The first-order chi connectivity index (χ1) is 15.9. The first kappa shape index (κ1) is 22.1. The Morgan fingerprint density at radius 1 is 1.03 bits per heavy atom. The fourth-order valence-electron chi connectivity index (χ4n) is 4.82. The number of carbonyl (C=O) groups excluding carboxylic acids is 1. The number of hydrogen-bond acceptors (Lipinski definition) is 5. The first-order valence-electron chi connectivity index (χ1n) is 11.4. The molecule has 1 atom stereocenters. The summed E-state index contributed by atoms with van der Waals surface area (Å²) in [7, 11) is 0. The summed E-state index contributed by atoms with van der Waals surface area (Å²) < 4.78 is 11.5. The van der Waals surface area contributed by atoms with Crippen LogP contribution in [0.25, 0.3) is 11.0 Å². The minimum atomic E-state index is -0.516. The average molecular weight is 467 g/mol. The Balaban J connectivity index is 1.56. The lowest BCUT2D eigenvalue weighted by Crippen LogP contribution is -2.38. The second-order valence-electron chi connectivity index (χ2n) is 8.87. The number of carbonyl (C=O) groups is 1. The molecule has 3 aromatic rings. The molecule has 7 heteroatoms. The second kappa shape index (κ2) is 8.93. The topological polar surface area (TPSA) is 63.0 Å². The molecule has 0 N–H and O–H groups in total. The summed E-state index contributed by atoms with van der Waals surface area (Å²) in [5.74, 6) is -0.0960. The van der Waals surface area contributed by atoms with E-state index in [1.807, 2.05) is 44.2 Å². The van der Waals surface area contributed by atoms with Gasteiger partial charge in [0.2, 0.25) is 5.76 Å². The predicted octanol–water partition coefficient (Wildman–Crippen LogP) is 4.33. The number of amides is 1. The number of benzene rings is 2. The van der Waals surface area contributed by atoms with Crippen molar-refractivity contribution in [3.63, 3.8) is 0 Å². The van der Waals surface area contributed by atoms with Crippen LogP contribution in [-0.4, -0.2) is 55.1 Å². The molecular formula is C26H27ClN2O4. The highest BCUT2D eigenvalue weighted by molar-refractivity contribution is 6.30. The molecular weight excluding hydrogens is 440 g/mol. The van der Waals surface area contributed by atoms with E-state index in [-0.39, 0.29) is 17.1 Å². The van der Waals surface area contributed by atoms with Crippen molar-refractivity contribution in [1.82, 2.24) is 9.80 Å². The van der Waals surface area contributed by atoms with Crippen LogP contribution in [0.1, 0.15) is 45.3 Å². The Morgan fingerprint density at radius 2 is 1.79 bits per heavy atom. The smallest absolute Gasteiger partial charge is 0.290 e. The molecule has 172 valence electrons. The predicted molar refractivity (Wildman–Crippen MR) is 128 cm³/mol. The molecule has 6 nitrogen and oxygen atoms in total. The highest BCUT2D eigenvalue weighted by Gasteiger charge is 2.42. The van der Waals surface area contributed by atoms with E-state index >= 15 is 0 Å². The molecule has 2 aliphatic heterocycles. The van der Waals surface area contributed by atoms with Gasteiger partial charge in [0.1, 0.15) is 5.58 Å². The third-order valence-corrected chi connectivity index (χ3v) is 6.96. The standard InChI is InChI=1S/C26H27ClN2O4/c1-16-13-20-21(14-17(16)2)33-25-22(24(20)30)23(18-5-3-6-19(27)15-18)29(26(25)31)8-4-7-28-9-11-32-12-10-28/h3,5-6,13-15,23H,4,7-12H2,1-2H3/t23-/m1/s1. The monoisotopic (exact) mass is 466 g/mol. The van der Waals surface area contributed by atoms with Crippen molar-refractivity contribution >= 4 is 28.5 Å². The molecule has 1 amide bonds. The van der Waals surface area contributed by atoms with Crippen LogP contribution in [0.3, 0.4) is 0 Å². The number of hydrogen-bond donors (Lipinski definition) is 0. The van der Waals surface area contributed by atoms with Gasteiger partial charge in [-0.1, -0.05) is 23.7 Å². The van der Waals surface area contributed by atoms with Crippen LogP contribution in [0.4, 0.5) is 0 Å². The van der Waals surface area contributed by atoms with E-state index in [2.05, 4.69) is 4.90 Å². The van der Waals surface area contributed by atoms with Crippen molar-refractivity contribution in [2.45, 2.75) is 26.3 Å². The first-order valence-corrected chi connectivity index (χ1v) is 11.8. The number of ether oxygens (including phenoxy) is 1. The van der Waals surface area contributed by atoms with Gasteiger partial charge in [0.15, 0.2) is 5.43 Å². The summed E-state index contributed by atoms with van der Waals surface area (Å²) in [4.78, 5) is 31.3. The lowest BCUT2D eigenvalue weighted by atomic mass is 9.97. The van der Waals surface area contributed by atoms with E-state index in [1.54, 1.807) is 11.0 Å². The summed E-state index contributed by atoms with van der Waals surface area (Å²) in [6.07, 6.45) is 0.794. The number of fused-ring (bicyclic) bond motifs is 2. The fourth-order valence-corrected chi connectivity index (χ4v) is 5.02. The Morgan fingerprint density at radius 3 is 2.55 bits per heavy atom. The average Bonchev–Trinajstić information content (AvgIpc) is 3.08. The molecule has 1 fully saturated rings. The van der Waals surface area contributed by atoms with Crippen LogP contribution >= 0.6 is 11.6 Å². The molecule has 1 saturated heterocycles. The summed E-state index contributed by atoms with van der Waals surface area (Å²) in [6.45, 7) is 8.60. The van der Waals surface area contributed by atoms with Gasteiger partial charge in [-0.15, -0.1) is 0 Å². The van der Waals surface area contributed by atoms with E-state index in [1.165, 1.54) is 0 Å². The zero-order chi connectivity index (χ0) is 23.1. The van der Waals surface area contributed by atoms with E-state index in [4.69, 9.17) is 20.8 Å². The summed E-state index contributed by atoms with van der Waals surface area (Å²) in [5.41, 5.74) is 3.56. The normalized spacial score (nSPS) is 18.8. The Labute approximate surface area is 197 Å². The van der Waals surface area contributed by atoms with Crippen molar-refractivity contribution in [2.75, 3.05) is 39.4 Å². The Kier molecular flexibility index (Phi) is 5.99. The third-order valence-electron chi connectivity index (χ3n) is 6.72. The minimum absolute atomic E-state index is 0.145. The summed E-state index contributed by atoms with van der Waals surface area (Å²) in [6, 6.07) is 10.6. The molecule has 0 aliphatic carbocycles. The van der Waals surface area contributed by atoms with Crippen molar-refractivity contribution in [3.05, 3.63) is 79.7 Å². The van der Waals surface area contributed by atoms with Gasteiger partial charge >= 0.3 is 0 Å². The number of halogens is 1. The van der Waals surface area contributed by atoms with Crippen molar-refractivity contribution in [2.24, 2.45) is 0 Å². The second-order valence-corrected chi connectivity index (χ2v) is 9.31. The lowest BCUT2D eigenvalue weighted by molar-refractivity contribution is 0.0353. The number of morpholine rings is 1. The zero-order valence-corrected chi connectivity index (χ0v) is 19.7. The third kappa shape index (κ3) is 4.07. The van der Waals surface area contributed by atoms with E-state index < -0.39 is 6.04 Å². The molecule has 2 aliphatic rings. The summed E-state index contributed by atoms with van der Waals surface area (Å²) >= 11 is 6.29. The van der Waals surface area contributed by atoms with Gasteiger partial charge < -0.3 is 14.1 Å². The van der Waals surface area contributed by atoms with Crippen molar-refractivity contribution in [1.29, 1.82) is 0 Å². The maximum atomic E-state index is 13.7. The maximum Gasteiger partial charge on any atom is 0.290 e. The summed E-state index contributed by atoms with van der Waals surface area (Å²) in [5, 5.41) is 1.07. The van der Waals surface area contributed by atoms with Gasteiger partial charge in [0.25, 0.3) is 5.91 Å². The van der Waals surface area contributed by atoms with Crippen LogP contribution < -0.4 is 5.43 Å². The van der Waals surface area contributed by atoms with Gasteiger partial charge in [-0.3, -0.25) is 14.5 Å². The van der Waals surface area contributed by atoms with Crippen LogP contribution in [0.15, 0.2) is 45.6 Å². The van der Waals surface area contributed by atoms with Crippen LogP contribution in [0, 0.1) is 13.8 Å². The molecule has 33 heavy (non-hydrogen) atoms. The van der Waals surface area contributed by atoms with Crippen molar-refractivity contribution in [3.8, 4) is 0 Å². The van der Waals surface area contributed by atoms with E-state index in [0.717, 1.165) is 56.0 Å². The minimum Gasteiger partial charge on any atom is -0.450 e. The maximum absolute atomic E-state index is 13.7. The molecule has 0 spiro atoms. The number of rotatable bonds is 5. The van der Waals surface area contributed by atoms with Gasteiger partial charge in [0, 0.05) is 31.2 Å². The Hall–Kier alpha value is -2.67. The Bertz CT molecular complexity index is 1280. The fraction of sp³-hybridized carbons (Fsp3) is 0.385. The lowest BCUT2D eigenvalue weighted by Gasteiger charge is -2.29. The molecule has 2 aromatic carbocycles. The SMILES string of the molecule is Cc1cc2oc3c(c(=O)c2cc1C)[C@@H](c1cccc(Cl)c1)N(CCCN1CCOCC1)C3=O. The highest BCUT2D eigenvalue weighted by atomic mass is 35.5.